The van der Waals surface area contributed by atoms with Gasteiger partial charge in [-0.05, 0) is 42.2 Å². The predicted molar refractivity (Wildman–Crippen MR) is 88.7 cm³/mol. The third kappa shape index (κ3) is 3.76. The van der Waals surface area contributed by atoms with Crippen LogP contribution in [0.5, 0.6) is 0 Å². The molecule has 2 atom stereocenters. The molecule has 1 saturated heterocycles. The van der Waals surface area contributed by atoms with Gasteiger partial charge in [0.15, 0.2) is 0 Å². The molecular formula is C19H21N3O. The Morgan fingerprint density at radius 1 is 1.30 bits per heavy atom. The molecule has 0 bridgehead atoms. The number of hydrogen-bond acceptors (Lipinski definition) is 4. The van der Waals surface area contributed by atoms with E-state index in [1.807, 2.05) is 30.5 Å². The van der Waals surface area contributed by atoms with Gasteiger partial charge in [-0.1, -0.05) is 18.2 Å². The zero-order valence-electron chi connectivity index (χ0n) is 13.4. The molecule has 2 heterocycles. The van der Waals surface area contributed by atoms with Gasteiger partial charge in [0.2, 0.25) is 0 Å². The zero-order chi connectivity index (χ0) is 16.1. The molecule has 1 fully saturated rings. The third-order valence-electron chi connectivity index (χ3n) is 4.51. The van der Waals surface area contributed by atoms with E-state index >= 15 is 0 Å². The fraction of sp³-hybridized carbons (Fsp3) is 0.368. The second kappa shape index (κ2) is 7.36. The van der Waals surface area contributed by atoms with E-state index in [1.54, 1.807) is 13.3 Å². The topological polar surface area (TPSA) is 49.1 Å². The van der Waals surface area contributed by atoms with Crippen molar-refractivity contribution in [2.75, 3.05) is 13.7 Å². The average molecular weight is 307 g/mol. The van der Waals surface area contributed by atoms with Crippen molar-refractivity contribution >= 4 is 0 Å². The first-order chi connectivity index (χ1) is 11.3. The van der Waals surface area contributed by atoms with Gasteiger partial charge in [-0.3, -0.25) is 9.88 Å². The van der Waals surface area contributed by atoms with E-state index in [1.165, 1.54) is 11.1 Å². The van der Waals surface area contributed by atoms with Crippen LogP contribution in [0.25, 0.3) is 0 Å². The van der Waals surface area contributed by atoms with Gasteiger partial charge in [0.1, 0.15) is 0 Å². The summed E-state index contributed by atoms with van der Waals surface area (Å²) in [6, 6.07) is 14.5. The largest absolute Gasteiger partial charge is 0.380 e. The van der Waals surface area contributed by atoms with Crippen LogP contribution in [0, 0.1) is 11.3 Å². The Balaban J connectivity index is 1.75. The highest BCUT2D eigenvalue weighted by Crippen LogP contribution is 2.25. The number of likely N-dealkylation sites (tertiary alicyclic amines) is 1. The maximum Gasteiger partial charge on any atom is 0.0991 e. The standard InChI is InChI=1S/C19H21N3O/c1-23-19-7-9-22(14-17-5-2-4-15(10-17)12-20)18(19)11-16-6-3-8-21-13-16/h2-6,8,10,13,18-19H,7,9,11,14H2,1H3/t18-,19-/m0/s1. The SMILES string of the molecule is CO[C@H]1CCN(Cc2cccc(C#N)c2)[C@H]1Cc1cccnc1. The van der Waals surface area contributed by atoms with Gasteiger partial charge >= 0.3 is 0 Å². The van der Waals surface area contributed by atoms with Crippen molar-refractivity contribution in [3.63, 3.8) is 0 Å². The minimum Gasteiger partial charge on any atom is -0.380 e. The molecule has 4 heteroatoms. The van der Waals surface area contributed by atoms with E-state index in [-0.39, 0.29) is 6.10 Å². The molecule has 0 amide bonds. The summed E-state index contributed by atoms with van der Waals surface area (Å²) in [6.07, 6.45) is 5.95. The van der Waals surface area contributed by atoms with Crippen molar-refractivity contribution in [2.24, 2.45) is 0 Å². The monoisotopic (exact) mass is 307 g/mol. The molecule has 3 rings (SSSR count). The number of methoxy groups -OCH3 is 1. The fourth-order valence-electron chi connectivity index (χ4n) is 3.35. The number of benzene rings is 1. The molecule has 23 heavy (non-hydrogen) atoms. The first-order valence-corrected chi connectivity index (χ1v) is 7.95. The zero-order valence-corrected chi connectivity index (χ0v) is 13.4. The summed E-state index contributed by atoms with van der Waals surface area (Å²) < 4.78 is 5.69. The summed E-state index contributed by atoms with van der Waals surface area (Å²) in [5.74, 6) is 0. The van der Waals surface area contributed by atoms with Crippen molar-refractivity contribution < 1.29 is 4.74 Å². The number of ether oxygens (including phenoxy) is 1. The molecule has 0 radical (unpaired) electrons. The van der Waals surface area contributed by atoms with Crippen molar-refractivity contribution in [1.82, 2.24) is 9.88 Å². The van der Waals surface area contributed by atoms with Crippen LogP contribution in [0.2, 0.25) is 0 Å². The van der Waals surface area contributed by atoms with E-state index in [4.69, 9.17) is 10.00 Å². The van der Waals surface area contributed by atoms with E-state index in [0.717, 1.165) is 25.9 Å². The van der Waals surface area contributed by atoms with Crippen LogP contribution in [-0.4, -0.2) is 35.7 Å². The van der Waals surface area contributed by atoms with Gasteiger partial charge in [-0.25, -0.2) is 0 Å². The van der Waals surface area contributed by atoms with Crippen molar-refractivity contribution in [3.05, 3.63) is 65.5 Å². The van der Waals surface area contributed by atoms with Crippen molar-refractivity contribution in [3.8, 4) is 6.07 Å². The summed E-state index contributed by atoms with van der Waals surface area (Å²) in [5.41, 5.74) is 3.13. The van der Waals surface area contributed by atoms with Gasteiger partial charge in [-0.15, -0.1) is 0 Å². The van der Waals surface area contributed by atoms with Gasteiger partial charge in [-0.2, -0.15) is 5.26 Å². The van der Waals surface area contributed by atoms with Crippen LogP contribution in [-0.2, 0) is 17.7 Å². The van der Waals surface area contributed by atoms with Crippen molar-refractivity contribution in [1.29, 1.82) is 5.26 Å². The van der Waals surface area contributed by atoms with Gasteiger partial charge < -0.3 is 4.74 Å². The Morgan fingerprint density at radius 3 is 2.91 bits per heavy atom. The normalized spacial score (nSPS) is 21.2. The lowest BCUT2D eigenvalue weighted by Crippen LogP contribution is -2.37. The van der Waals surface area contributed by atoms with Gasteiger partial charge in [0.05, 0.1) is 17.7 Å². The quantitative estimate of drug-likeness (QED) is 0.852. The molecule has 118 valence electrons. The molecule has 0 spiro atoms. The maximum absolute atomic E-state index is 9.06. The molecule has 0 aliphatic carbocycles. The van der Waals surface area contributed by atoms with E-state index in [0.29, 0.717) is 11.6 Å². The fourth-order valence-corrected chi connectivity index (χ4v) is 3.35. The smallest absolute Gasteiger partial charge is 0.0991 e. The lowest BCUT2D eigenvalue weighted by molar-refractivity contribution is 0.0638. The molecule has 1 aromatic carbocycles. The summed E-state index contributed by atoms with van der Waals surface area (Å²) >= 11 is 0. The van der Waals surface area contributed by atoms with Crippen LogP contribution in [0.1, 0.15) is 23.1 Å². The number of hydrogen-bond donors (Lipinski definition) is 0. The maximum atomic E-state index is 9.06. The number of pyridine rings is 1. The summed E-state index contributed by atoms with van der Waals surface area (Å²) in [6.45, 7) is 1.86. The number of aromatic nitrogens is 1. The van der Waals surface area contributed by atoms with Gasteiger partial charge in [0, 0.05) is 38.6 Å². The lowest BCUT2D eigenvalue weighted by atomic mass is 10.0. The predicted octanol–water partition coefficient (Wildman–Crippen LogP) is 2.79. The minimum absolute atomic E-state index is 0.245. The van der Waals surface area contributed by atoms with Gasteiger partial charge in [0.25, 0.3) is 0 Å². The molecule has 1 aromatic heterocycles. The van der Waals surface area contributed by atoms with E-state index < -0.39 is 0 Å². The Bertz CT molecular complexity index is 681. The molecule has 0 saturated carbocycles. The van der Waals surface area contributed by atoms with Crippen molar-refractivity contribution in [2.45, 2.75) is 31.5 Å². The van der Waals surface area contributed by atoms with Crippen LogP contribution < -0.4 is 0 Å². The summed E-state index contributed by atoms with van der Waals surface area (Å²) in [7, 11) is 1.79. The number of nitrogens with zero attached hydrogens (tertiary/aromatic N) is 3. The molecular weight excluding hydrogens is 286 g/mol. The highest BCUT2D eigenvalue weighted by molar-refractivity contribution is 5.32. The molecule has 0 N–H and O–H groups in total. The first-order valence-electron chi connectivity index (χ1n) is 7.95. The molecule has 0 unspecified atom stereocenters. The average Bonchev–Trinajstić information content (AvgIpc) is 2.97. The Labute approximate surface area is 137 Å². The Morgan fingerprint density at radius 2 is 2.17 bits per heavy atom. The highest BCUT2D eigenvalue weighted by Gasteiger charge is 2.34. The molecule has 1 aliphatic heterocycles. The van der Waals surface area contributed by atoms with Crippen LogP contribution in [0.15, 0.2) is 48.8 Å². The first kappa shape index (κ1) is 15.7. The summed E-state index contributed by atoms with van der Waals surface area (Å²) in [4.78, 5) is 6.67. The second-order valence-electron chi connectivity index (χ2n) is 5.98. The lowest BCUT2D eigenvalue weighted by Gasteiger charge is -2.27. The number of rotatable bonds is 5. The second-order valence-corrected chi connectivity index (χ2v) is 5.98. The van der Waals surface area contributed by atoms with E-state index in [2.05, 4.69) is 28.1 Å². The summed E-state index contributed by atoms with van der Waals surface area (Å²) in [5, 5.41) is 9.06. The molecule has 1 aliphatic rings. The highest BCUT2D eigenvalue weighted by atomic mass is 16.5. The third-order valence-corrected chi connectivity index (χ3v) is 4.51. The molecule has 4 nitrogen and oxygen atoms in total. The Hall–Kier alpha value is -2.22. The van der Waals surface area contributed by atoms with E-state index in [9.17, 15) is 0 Å². The molecule has 2 aromatic rings. The number of nitriles is 1. The van der Waals surface area contributed by atoms with Crippen LogP contribution in [0.3, 0.4) is 0 Å². The van der Waals surface area contributed by atoms with Crippen LogP contribution in [0.4, 0.5) is 0 Å². The van der Waals surface area contributed by atoms with Crippen LogP contribution >= 0.6 is 0 Å². The Kier molecular flexibility index (Phi) is 5.02. The minimum atomic E-state index is 0.245.